The summed E-state index contributed by atoms with van der Waals surface area (Å²) in [5.41, 5.74) is 3.16. The zero-order chi connectivity index (χ0) is 17.8. The van der Waals surface area contributed by atoms with Crippen molar-refractivity contribution < 1.29 is 9.59 Å². The molecule has 2 heterocycles. The molecule has 0 aliphatic carbocycles. The van der Waals surface area contributed by atoms with Gasteiger partial charge in [0.25, 0.3) is 0 Å². The van der Waals surface area contributed by atoms with Gasteiger partial charge >= 0.3 is 0 Å². The van der Waals surface area contributed by atoms with Crippen LogP contribution in [0.5, 0.6) is 0 Å². The molecule has 0 saturated carbocycles. The Kier molecular flexibility index (Phi) is 5.71. The fraction of sp³-hybridized carbons (Fsp3) is 0.579. The standard InChI is InChI=1S/C19H28N4O2/c1-14-5-3-6-16(15(14)2)21-18(24)13-22-9-11-23(12-10-22)19(25)17-7-4-8-20-17/h3,5-6,17,20H,4,7-13H2,1-2H3,(H,21,24). The van der Waals surface area contributed by atoms with Crippen molar-refractivity contribution >= 4 is 17.5 Å². The third kappa shape index (κ3) is 4.38. The van der Waals surface area contributed by atoms with Crippen LogP contribution in [0.2, 0.25) is 0 Å². The summed E-state index contributed by atoms with van der Waals surface area (Å²) in [6.07, 6.45) is 2.02. The highest BCUT2D eigenvalue weighted by molar-refractivity contribution is 5.93. The molecule has 0 aromatic heterocycles. The van der Waals surface area contributed by atoms with Gasteiger partial charge in [0.05, 0.1) is 12.6 Å². The number of benzene rings is 1. The number of piperazine rings is 1. The molecular formula is C19H28N4O2. The first-order valence-electron chi connectivity index (χ1n) is 9.15. The van der Waals surface area contributed by atoms with Crippen LogP contribution in [0.1, 0.15) is 24.0 Å². The summed E-state index contributed by atoms with van der Waals surface area (Å²) in [5.74, 6) is 0.225. The van der Waals surface area contributed by atoms with E-state index in [2.05, 4.69) is 15.5 Å². The molecule has 136 valence electrons. The molecule has 6 nitrogen and oxygen atoms in total. The molecule has 2 saturated heterocycles. The van der Waals surface area contributed by atoms with Gasteiger partial charge in [0.1, 0.15) is 0 Å². The molecular weight excluding hydrogens is 316 g/mol. The number of hydrogen-bond acceptors (Lipinski definition) is 4. The van der Waals surface area contributed by atoms with Crippen LogP contribution >= 0.6 is 0 Å². The Morgan fingerprint density at radius 1 is 1.20 bits per heavy atom. The van der Waals surface area contributed by atoms with Crippen LogP contribution in [0.25, 0.3) is 0 Å². The second-order valence-corrected chi connectivity index (χ2v) is 7.05. The molecule has 0 bridgehead atoms. The molecule has 1 aromatic rings. The first kappa shape index (κ1) is 17.9. The average Bonchev–Trinajstić information content (AvgIpc) is 3.13. The molecule has 3 rings (SSSR count). The van der Waals surface area contributed by atoms with Crippen LogP contribution in [-0.4, -0.2) is 66.9 Å². The fourth-order valence-electron chi connectivity index (χ4n) is 3.52. The minimum atomic E-state index is -0.000793. The monoisotopic (exact) mass is 344 g/mol. The third-order valence-corrected chi connectivity index (χ3v) is 5.29. The normalized spacial score (nSPS) is 21.4. The predicted molar refractivity (Wildman–Crippen MR) is 98.6 cm³/mol. The van der Waals surface area contributed by atoms with Gasteiger partial charge in [-0.1, -0.05) is 12.1 Å². The first-order valence-corrected chi connectivity index (χ1v) is 9.15. The largest absolute Gasteiger partial charge is 0.339 e. The average molecular weight is 344 g/mol. The van der Waals surface area contributed by atoms with E-state index in [1.54, 1.807) is 0 Å². The maximum Gasteiger partial charge on any atom is 0.239 e. The fourth-order valence-corrected chi connectivity index (χ4v) is 3.52. The highest BCUT2D eigenvalue weighted by Gasteiger charge is 2.29. The smallest absolute Gasteiger partial charge is 0.239 e. The van der Waals surface area contributed by atoms with E-state index in [9.17, 15) is 9.59 Å². The van der Waals surface area contributed by atoms with E-state index in [0.717, 1.165) is 43.7 Å². The zero-order valence-corrected chi connectivity index (χ0v) is 15.2. The van der Waals surface area contributed by atoms with Crippen molar-refractivity contribution in [3.05, 3.63) is 29.3 Å². The molecule has 25 heavy (non-hydrogen) atoms. The lowest BCUT2D eigenvalue weighted by atomic mass is 10.1. The summed E-state index contributed by atoms with van der Waals surface area (Å²) < 4.78 is 0. The Hall–Kier alpha value is -1.92. The summed E-state index contributed by atoms with van der Waals surface area (Å²) in [7, 11) is 0. The van der Waals surface area contributed by atoms with E-state index < -0.39 is 0 Å². The number of nitrogens with zero attached hydrogens (tertiary/aromatic N) is 2. The van der Waals surface area contributed by atoms with Gasteiger partial charge < -0.3 is 15.5 Å². The van der Waals surface area contributed by atoms with Gasteiger partial charge in [-0.2, -0.15) is 0 Å². The second-order valence-electron chi connectivity index (χ2n) is 7.05. The molecule has 2 fully saturated rings. The van der Waals surface area contributed by atoms with Crippen LogP contribution in [0.3, 0.4) is 0 Å². The molecule has 2 amide bonds. The van der Waals surface area contributed by atoms with Gasteiger partial charge in [-0.05, 0) is 50.4 Å². The van der Waals surface area contributed by atoms with Crippen LogP contribution in [0, 0.1) is 13.8 Å². The summed E-state index contributed by atoms with van der Waals surface area (Å²) in [5, 5.41) is 6.27. The lowest BCUT2D eigenvalue weighted by Gasteiger charge is -2.35. The van der Waals surface area contributed by atoms with Crippen molar-refractivity contribution in [2.75, 3.05) is 44.6 Å². The quantitative estimate of drug-likeness (QED) is 0.860. The Morgan fingerprint density at radius 3 is 2.64 bits per heavy atom. The molecule has 1 atom stereocenters. The minimum Gasteiger partial charge on any atom is -0.339 e. The Bertz CT molecular complexity index is 632. The summed E-state index contributed by atoms with van der Waals surface area (Å²) >= 11 is 0. The lowest BCUT2D eigenvalue weighted by molar-refractivity contribution is -0.135. The van der Waals surface area contributed by atoms with Crippen LogP contribution in [0.15, 0.2) is 18.2 Å². The summed E-state index contributed by atoms with van der Waals surface area (Å²) in [6, 6.07) is 5.93. The molecule has 1 aromatic carbocycles. The predicted octanol–water partition coefficient (Wildman–Crippen LogP) is 1.14. The van der Waals surface area contributed by atoms with E-state index in [-0.39, 0.29) is 17.9 Å². The van der Waals surface area contributed by atoms with E-state index in [1.807, 2.05) is 36.9 Å². The topological polar surface area (TPSA) is 64.7 Å². The molecule has 2 aliphatic heterocycles. The van der Waals surface area contributed by atoms with Gasteiger partial charge in [-0.15, -0.1) is 0 Å². The van der Waals surface area contributed by atoms with Crippen LogP contribution in [0.4, 0.5) is 5.69 Å². The molecule has 6 heteroatoms. The van der Waals surface area contributed by atoms with E-state index in [4.69, 9.17) is 0 Å². The van der Waals surface area contributed by atoms with Gasteiger partial charge in [0.2, 0.25) is 11.8 Å². The Labute approximate surface area is 149 Å². The van der Waals surface area contributed by atoms with Gasteiger partial charge in [-0.3, -0.25) is 14.5 Å². The number of rotatable bonds is 4. The number of amides is 2. The number of carbonyl (C=O) groups is 2. The highest BCUT2D eigenvalue weighted by Crippen LogP contribution is 2.18. The van der Waals surface area contributed by atoms with Gasteiger partial charge in [0.15, 0.2) is 0 Å². The molecule has 0 radical (unpaired) electrons. The highest BCUT2D eigenvalue weighted by atomic mass is 16.2. The van der Waals surface area contributed by atoms with E-state index in [0.29, 0.717) is 19.6 Å². The number of aryl methyl sites for hydroxylation is 1. The van der Waals surface area contributed by atoms with Crippen molar-refractivity contribution in [3.63, 3.8) is 0 Å². The Balaban J connectivity index is 1.46. The van der Waals surface area contributed by atoms with Crippen molar-refractivity contribution in [2.45, 2.75) is 32.7 Å². The summed E-state index contributed by atoms with van der Waals surface area (Å²) in [4.78, 5) is 28.8. The zero-order valence-electron chi connectivity index (χ0n) is 15.2. The van der Waals surface area contributed by atoms with Crippen molar-refractivity contribution in [2.24, 2.45) is 0 Å². The van der Waals surface area contributed by atoms with Crippen LogP contribution in [-0.2, 0) is 9.59 Å². The first-order chi connectivity index (χ1) is 12.0. The number of nitrogens with one attached hydrogen (secondary N) is 2. The van der Waals surface area contributed by atoms with Crippen molar-refractivity contribution in [3.8, 4) is 0 Å². The summed E-state index contributed by atoms with van der Waals surface area (Å²) in [6.45, 7) is 8.28. The van der Waals surface area contributed by atoms with E-state index >= 15 is 0 Å². The maximum atomic E-state index is 12.4. The molecule has 1 unspecified atom stereocenters. The number of anilines is 1. The lowest BCUT2D eigenvalue weighted by Crippen LogP contribution is -2.54. The van der Waals surface area contributed by atoms with Crippen LogP contribution < -0.4 is 10.6 Å². The second kappa shape index (κ2) is 7.97. The maximum absolute atomic E-state index is 12.4. The Morgan fingerprint density at radius 2 is 1.96 bits per heavy atom. The third-order valence-electron chi connectivity index (χ3n) is 5.29. The number of carbonyl (C=O) groups excluding carboxylic acids is 2. The van der Waals surface area contributed by atoms with Crippen molar-refractivity contribution in [1.29, 1.82) is 0 Å². The molecule has 0 spiro atoms. The molecule has 2 N–H and O–H groups in total. The number of hydrogen-bond donors (Lipinski definition) is 2. The van der Waals surface area contributed by atoms with Gasteiger partial charge in [-0.25, -0.2) is 0 Å². The van der Waals surface area contributed by atoms with E-state index in [1.165, 1.54) is 5.56 Å². The van der Waals surface area contributed by atoms with Gasteiger partial charge in [0, 0.05) is 31.9 Å². The van der Waals surface area contributed by atoms with Crippen molar-refractivity contribution in [1.82, 2.24) is 15.1 Å². The molecule has 2 aliphatic rings. The SMILES string of the molecule is Cc1cccc(NC(=O)CN2CCN(C(=O)C3CCCN3)CC2)c1C. The minimum absolute atomic E-state index is 0.000793.